The molecule has 0 unspecified atom stereocenters. The summed E-state index contributed by atoms with van der Waals surface area (Å²) in [7, 11) is 4.05. The fourth-order valence-electron chi connectivity index (χ4n) is 1.96. The van der Waals surface area contributed by atoms with Gasteiger partial charge < -0.3 is 10.2 Å². The molecule has 0 aliphatic carbocycles. The molecule has 0 fully saturated rings. The van der Waals surface area contributed by atoms with Gasteiger partial charge in [-0.15, -0.1) is 23.1 Å². The summed E-state index contributed by atoms with van der Waals surface area (Å²) in [5.41, 5.74) is 0. The lowest BCUT2D eigenvalue weighted by Gasteiger charge is -2.23. The van der Waals surface area contributed by atoms with E-state index in [1.54, 1.807) is 11.3 Å². The number of carbonyl (C=O) groups excluding carboxylic acids is 1. The van der Waals surface area contributed by atoms with E-state index in [1.165, 1.54) is 16.6 Å². The number of nitrogens with one attached hydrogen (secondary N) is 1. The summed E-state index contributed by atoms with van der Waals surface area (Å²) in [4.78, 5) is 16.4. The van der Waals surface area contributed by atoms with Crippen molar-refractivity contribution in [2.24, 2.45) is 0 Å². The molecule has 1 heterocycles. The van der Waals surface area contributed by atoms with Gasteiger partial charge in [0.2, 0.25) is 5.91 Å². The SMILES string of the molecule is CN(C)[C@@H](CNC(=O)CSc1ccc(Cl)cc1)c1cccs1. The zero-order valence-electron chi connectivity index (χ0n) is 12.6. The van der Waals surface area contributed by atoms with Gasteiger partial charge in [0.25, 0.3) is 0 Å². The zero-order valence-corrected chi connectivity index (χ0v) is 15.0. The third-order valence-corrected chi connectivity index (χ3v) is 5.41. The Morgan fingerprint density at radius 3 is 2.64 bits per heavy atom. The summed E-state index contributed by atoms with van der Waals surface area (Å²) in [6.45, 7) is 0.619. The highest BCUT2D eigenvalue weighted by Gasteiger charge is 2.16. The van der Waals surface area contributed by atoms with Crippen LogP contribution in [0.25, 0.3) is 0 Å². The van der Waals surface area contributed by atoms with Crippen molar-refractivity contribution >= 4 is 40.6 Å². The number of amides is 1. The summed E-state index contributed by atoms with van der Waals surface area (Å²) in [5, 5.41) is 5.78. The minimum atomic E-state index is 0.0448. The van der Waals surface area contributed by atoms with Crippen molar-refractivity contribution in [1.82, 2.24) is 10.2 Å². The van der Waals surface area contributed by atoms with Crippen LogP contribution in [0, 0.1) is 0 Å². The van der Waals surface area contributed by atoms with Crippen LogP contribution < -0.4 is 5.32 Å². The number of hydrogen-bond donors (Lipinski definition) is 1. The van der Waals surface area contributed by atoms with Crippen molar-refractivity contribution < 1.29 is 4.79 Å². The Morgan fingerprint density at radius 2 is 2.05 bits per heavy atom. The number of thioether (sulfide) groups is 1. The highest BCUT2D eigenvalue weighted by atomic mass is 35.5. The molecule has 1 atom stereocenters. The van der Waals surface area contributed by atoms with Gasteiger partial charge in [0, 0.05) is 21.3 Å². The minimum absolute atomic E-state index is 0.0448. The Balaban J connectivity index is 1.80. The predicted molar refractivity (Wildman–Crippen MR) is 95.9 cm³/mol. The number of benzene rings is 1. The number of thiophene rings is 1. The Kier molecular flexibility index (Phi) is 6.76. The van der Waals surface area contributed by atoms with Gasteiger partial charge in [0.1, 0.15) is 0 Å². The molecule has 0 radical (unpaired) electrons. The normalized spacial score (nSPS) is 12.4. The van der Waals surface area contributed by atoms with Crippen LogP contribution in [0.4, 0.5) is 0 Å². The largest absolute Gasteiger partial charge is 0.353 e. The predicted octanol–water partition coefficient (Wildman–Crippen LogP) is 3.91. The number of hydrogen-bond acceptors (Lipinski definition) is 4. The van der Waals surface area contributed by atoms with Crippen LogP contribution in [0.2, 0.25) is 5.02 Å². The summed E-state index contributed by atoms with van der Waals surface area (Å²) < 4.78 is 0. The second-order valence-corrected chi connectivity index (χ2v) is 7.51. The molecule has 0 aliphatic heterocycles. The number of likely N-dealkylation sites (N-methyl/N-ethyl adjacent to an activating group) is 1. The van der Waals surface area contributed by atoms with E-state index < -0.39 is 0 Å². The van der Waals surface area contributed by atoms with Gasteiger partial charge in [-0.05, 0) is 49.8 Å². The maximum absolute atomic E-state index is 12.0. The highest BCUT2D eigenvalue weighted by Crippen LogP contribution is 2.23. The molecule has 0 aliphatic rings. The Bertz CT molecular complexity index is 585. The van der Waals surface area contributed by atoms with Crippen molar-refractivity contribution in [3.63, 3.8) is 0 Å². The molecule has 1 aromatic heterocycles. The third-order valence-electron chi connectivity index (χ3n) is 3.17. The molecule has 2 aromatic rings. The van der Waals surface area contributed by atoms with E-state index in [2.05, 4.69) is 21.7 Å². The number of carbonyl (C=O) groups is 1. The molecule has 0 saturated heterocycles. The van der Waals surface area contributed by atoms with Gasteiger partial charge >= 0.3 is 0 Å². The number of halogens is 1. The molecular formula is C16H19ClN2OS2. The van der Waals surface area contributed by atoms with Crippen molar-refractivity contribution in [3.8, 4) is 0 Å². The number of nitrogens with zero attached hydrogens (tertiary/aromatic N) is 1. The molecule has 1 N–H and O–H groups in total. The van der Waals surface area contributed by atoms with E-state index in [0.29, 0.717) is 17.3 Å². The molecule has 22 heavy (non-hydrogen) atoms. The lowest BCUT2D eigenvalue weighted by Crippen LogP contribution is -2.35. The molecule has 3 nitrogen and oxygen atoms in total. The second-order valence-electron chi connectivity index (χ2n) is 5.04. The summed E-state index contributed by atoms with van der Waals surface area (Å²) in [5.74, 6) is 0.454. The molecule has 0 saturated carbocycles. The van der Waals surface area contributed by atoms with Crippen LogP contribution in [-0.2, 0) is 4.79 Å². The Hall–Kier alpha value is -1.01. The fourth-order valence-corrected chi connectivity index (χ4v) is 3.74. The summed E-state index contributed by atoms with van der Waals surface area (Å²) >= 11 is 9.07. The first-order chi connectivity index (χ1) is 10.6. The molecule has 1 aromatic carbocycles. The van der Waals surface area contributed by atoms with E-state index in [1.807, 2.05) is 44.4 Å². The van der Waals surface area contributed by atoms with E-state index >= 15 is 0 Å². The van der Waals surface area contributed by atoms with Crippen molar-refractivity contribution in [2.45, 2.75) is 10.9 Å². The van der Waals surface area contributed by atoms with Gasteiger partial charge in [0.15, 0.2) is 0 Å². The van der Waals surface area contributed by atoms with Crippen LogP contribution in [0.15, 0.2) is 46.7 Å². The highest BCUT2D eigenvalue weighted by molar-refractivity contribution is 8.00. The monoisotopic (exact) mass is 354 g/mol. The molecule has 0 bridgehead atoms. The quantitative estimate of drug-likeness (QED) is 0.765. The average molecular weight is 355 g/mol. The van der Waals surface area contributed by atoms with Gasteiger partial charge in [-0.25, -0.2) is 0 Å². The molecule has 118 valence electrons. The van der Waals surface area contributed by atoms with Crippen molar-refractivity contribution in [3.05, 3.63) is 51.7 Å². The average Bonchev–Trinajstić information content (AvgIpc) is 3.00. The lowest BCUT2D eigenvalue weighted by molar-refractivity contribution is -0.118. The maximum Gasteiger partial charge on any atom is 0.230 e. The number of rotatable bonds is 7. The van der Waals surface area contributed by atoms with Gasteiger partial charge in [0.05, 0.1) is 11.8 Å². The van der Waals surface area contributed by atoms with Gasteiger partial charge in [-0.2, -0.15) is 0 Å². The van der Waals surface area contributed by atoms with Gasteiger partial charge in [-0.3, -0.25) is 4.79 Å². The summed E-state index contributed by atoms with van der Waals surface area (Å²) in [6.07, 6.45) is 0. The zero-order chi connectivity index (χ0) is 15.9. The molecule has 1 amide bonds. The standard InChI is InChI=1S/C16H19ClN2OS2/c1-19(2)14(15-4-3-9-21-15)10-18-16(20)11-22-13-7-5-12(17)6-8-13/h3-9,14H,10-11H2,1-2H3,(H,18,20)/t14-/m0/s1. The Morgan fingerprint density at radius 1 is 1.32 bits per heavy atom. The van der Waals surface area contributed by atoms with Crippen LogP contribution in [-0.4, -0.2) is 37.2 Å². The molecule has 6 heteroatoms. The van der Waals surface area contributed by atoms with E-state index in [-0.39, 0.29) is 11.9 Å². The maximum atomic E-state index is 12.0. The van der Waals surface area contributed by atoms with Crippen LogP contribution >= 0.6 is 34.7 Å². The Labute approximate surface area is 144 Å². The molecular weight excluding hydrogens is 336 g/mol. The van der Waals surface area contributed by atoms with Crippen molar-refractivity contribution in [2.75, 3.05) is 26.4 Å². The molecule has 0 spiro atoms. The smallest absolute Gasteiger partial charge is 0.230 e. The second kappa shape index (κ2) is 8.58. The topological polar surface area (TPSA) is 32.3 Å². The van der Waals surface area contributed by atoms with E-state index in [9.17, 15) is 4.79 Å². The lowest BCUT2D eigenvalue weighted by atomic mass is 10.2. The third kappa shape index (κ3) is 5.32. The van der Waals surface area contributed by atoms with Crippen LogP contribution in [0.1, 0.15) is 10.9 Å². The van der Waals surface area contributed by atoms with Gasteiger partial charge in [-0.1, -0.05) is 17.7 Å². The molecule has 2 rings (SSSR count). The first-order valence-corrected chi connectivity index (χ1v) is 9.15. The minimum Gasteiger partial charge on any atom is -0.353 e. The fraction of sp³-hybridized carbons (Fsp3) is 0.312. The van der Waals surface area contributed by atoms with Crippen molar-refractivity contribution in [1.29, 1.82) is 0 Å². The van der Waals surface area contributed by atoms with Crippen LogP contribution in [0.5, 0.6) is 0 Å². The first-order valence-electron chi connectivity index (χ1n) is 6.91. The van der Waals surface area contributed by atoms with E-state index in [0.717, 1.165) is 4.90 Å². The van der Waals surface area contributed by atoms with Crippen LogP contribution in [0.3, 0.4) is 0 Å². The first kappa shape index (κ1) is 17.3. The van der Waals surface area contributed by atoms with E-state index in [4.69, 9.17) is 11.6 Å². The summed E-state index contributed by atoms with van der Waals surface area (Å²) in [6, 6.07) is 11.9.